The third-order valence-corrected chi connectivity index (χ3v) is 3.81. The molecule has 2 aromatic carbocycles. The van der Waals surface area contributed by atoms with Crippen LogP contribution in [0.4, 0.5) is 5.69 Å². The summed E-state index contributed by atoms with van der Waals surface area (Å²) in [6.07, 6.45) is 0. The Morgan fingerprint density at radius 3 is 2.43 bits per heavy atom. The van der Waals surface area contributed by atoms with Gasteiger partial charge in [0, 0.05) is 15.1 Å². The Balaban J connectivity index is 2.03. The highest BCUT2D eigenvalue weighted by molar-refractivity contribution is 9.10. The lowest BCUT2D eigenvalue weighted by Crippen LogP contribution is -2.34. The van der Waals surface area contributed by atoms with Gasteiger partial charge in [0.25, 0.3) is 5.91 Å². The van der Waals surface area contributed by atoms with Crippen LogP contribution in [0, 0.1) is 0 Å². The van der Waals surface area contributed by atoms with Crippen LogP contribution in [0.1, 0.15) is 10.4 Å². The first-order valence-electron chi connectivity index (χ1n) is 5.78. The lowest BCUT2D eigenvalue weighted by molar-refractivity contribution is 0.0977. The molecule has 0 fully saturated rings. The minimum Gasteiger partial charge on any atom is -0.331 e. The molecule has 2 aromatic rings. The molecule has 21 heavy (non-hydrogen) atoms. The summed E-state index contributed by atoms with van der Waals surface area (Å²) in [5.41, 5.74) is 1.03. The zero-order chi connectivity index (χ0) is 15.4. The second-order valence-electron chi connectivity index (χ2n) is 4.04. The molecular formula is C14H9BrCl2N2OS. The number of carbonyl (C=O) groups excluding carboxylic acids is 1. The molecule has 0 aliphatic carbocycles. The molecule has 2 rings (SSSR count). The van der Waals surface area contributed by atoms with Crippen LogP contribution in [0.15, 0.2) is 46.9 Å². The van der Waals surface area contributed by atoms with Crippen LogP contribution in [0.3, 0.4) is 0 Å². The molecule has 0 heterocycles. The van der Waals surface area contributed by atoms with Gasteiger partial charge in [0.15, 0.2) is 5.11 Å². The lowest BCUT2D eigenvalue weighted by Gasteiger charge is -2.11. The van der Waals surface area contributed by atoms with Crippen LogP contribution in [0.2, 0.25) is 10.0 Å². The minimum atomic E-state index is -0.307. The van der Waals surface area contributed by atoms with E-state index in [0.29, 0.717) is 21.3 Å². The van der Waals surface area contributed by atoms with E-state index in [4.69, 9.17) is 35.4 Å². The maximum atomic E-state index is 12.0. The van der Waals surface area contributed by atoms with E-state index in [1.54, 1.807) is 42.5 Å². The van der Waals surface area contributed by atoms with E-state index in [2.05, 4.69) is 26.6 Å². The Morgan fingerprint density at radius 2 is 1.76 bits per heavy atom. The van der Waals surface area contributed by atoms with Crippen molar-refractivity contribution >= 4 is 68.1 Å². The largest absolute Gasteiger partial charge is 0.331 e. The fraction of sp³-hybridized carbons (Fsp3) is 0. The van der Waals surface area contributed by atoms with E-state index in [1.807, 2.05) is 0 Å². The number of benzene rings is 2. The van der Waals surface area contributed by atoms with E-state index in [0.717, 1.165) is 4.47 Å². The molecule has 1 amide bonds. The molecular weight excluding hydrogens is 395 g/mol. The van der Waals surface area contributed by atoms with Crippen LogP contribution in [0.25, 0.3) is 0 Å². The number of hydrogen-bond acceptors (Lipinski definition) is 2. The maximum Gasteiger partial charge on any atom is 0.257 e. The first-order valence-corrected chi connectivity index (χ1v) is 7.74. The number of amides is 1. The van der Waals surface area contributed by atoms with Crippen molar-refractivity contribution in [3.8, 4) is 0 Å². The van der Waals surface area contributed by atoms with Crippen molar-refractivity contribution in [2.45, 2.75) is 0 Å². The molecule has 0 bridgehead atoms. The van der Waals surface area contributed by atoms with Gasteiger partial charge in [0.2, 0.25) is 0 Å². The fourth-order valence-electron chi connectivity index (χ4n) is 1.52. The summed E-state index contributed by atoms with van der Waals surface area (Å²) >= 11 is 20.3. The Bertz CT molecular complexity index is 692. The minimum absolute atomic E-state index is 0.145. The first-order chi connectivity index (χ1) is 9.95. The summed E-state index contributed by atoms with van der Waals surface area (Å²) in [5.74, 6) is -0.307. The monoisotopic (exact) mass is 402 g/mol. The van der Waals surface area contributed by atoms with E-state index in [1.165, 1.54) is 0 Å². The molecule has 0 saturated carbocycles. The van der Waals surface area contributed by atoms with Gasteiger partial charge in [-0.3, -0.25) is 10.1 Å². The van der Waals surface area contributed by atoms with Gasteiger partial charge in [-0.25, -0.2) is 0 Å². The normalized spacial score (nSPS) is 10.0. The smallest absolute Gasteiger partial charge is 0.257 e. The molecule has 108 valence electrons. The van der Waals surface area contributed by atoms with Gasteiger partial charge in [-0.05, 0) is 54.7 Å². The first kappa shape index (κ1) is 16.2. The van der Waals surface area contributed by atoms with Crippen LogP contribution in [-0.2, 0) is 0 Å². The molecule has 7 heteroatoms. The van der Waals surface area contributed by atoms with Gasteiger partial charge in [0.05, 0.1) is 10.7 Å². The second kappa shape index (κ2) is 7.22. The number of rotatable bonds is 2. The summed E-state index contributed by atoms with van der Waals surface area (Å²) < 4.78 is 0.894. The van der Waals surface area contributed by atoms with E-state index in [-0.39, 0.29) is 11.0 Å². The van der Waals surface area contributed by atoms with Gasteiger partial charge in [-0.1, -0.05) is 39.1 Å². The molecule has 0 aliphatic heterocycles. The number of carbonyl (C=O) groups is 1. The number of nitrogens with one attached hydrogen (secondary N) is 2. The lowest BCUT2D eigenvalue weighted by atomic mass is 10.2. The van der Waals surface area contributed by atoms with E-state index >= 15 is 0 Å². The third kappa shape index (κ3) is 4.68. The molecule has 0 aliphatic rings. The van der Waals surface area contributed by atoms with Gasteiger partial charge in [-0.2, -0.15) is 0 Å². The average Bonchev–Trinajstić information content (AvgIpc) is 2.43. The van der Waals surface area contributed by atoms with E-state index < -0.39 is 0 Å². The van der Waals surface area contributed by atoms with Crippen molar-refractivity contribution in [3.63, 3.8) is 0 Å². The van der Waals surface area contributed by atoms with Crippen LogP contribution >= 0.6 is 51.3 Å². The summed E-state index contributed by atoms with van der Waals surface area (Å²) in [4.78, 5) is 12.0. The van der Waals surface area contributed by atoms with Crippen molar-refractivity contribution in [2.75, 3.05) is 5.32 Å². The summed E-state index contributed by atoms with van der Waals surface area (Å²) in [5, 5.41) is 6.53. The van der Waals surface area contributed by atoms with Crippen LogP contribution < -0.4 is 10.6 Å². The molecule has 3 nitrogen and oxygen atoms in total. The van der Waals surface area contributed by atoms with Crippen molar-refractivity contribution in [1.82, 2.24) is 5.32 Å². The highest BCUT2D eigenvalue weighted by Crippen LogP contribution is 2.25. The average molecular weight is 404 g/mol. The Labute approximate surface area is 145 Å². The number of anilines is 1. The molecule has 0 saturated heterocycles. The van der Waals surface area contributed by atoms with Gasteiger partial charge in [-0.15, -0.1) is 0 Å². The number of thiocarbonyl (C=S) groups is 1. The van der Waals surface area contributed by atoms with Crippen molar-refractivity contribution in [3.05, 3.63) is 62.5 Å². The predicted octanol–water partition coefficient (Wildman–Crippen LogP) is 4.88. The van der Waals surface area contributed by atoms with E-state index in [9.17, 15) is 4.79 Å². The molecule has 0 aromatic heterocycles. The zero-order valence-corrected chi connectivity index (χ0v) is 14.4. The summed E-state index contributed by atoms with van der Waals surface area (Å²) in [6, 6.07) is 11.9. The molecule has 0 spiro atoms. The van der Waals surface area contributed by atoms with Gasteiger partial charge in [0.1, 0.15) is 0 Å². The van der Waals surface area contributed by atoms with Gasteiger partial charge < -0.3 is 5.32 Å². The molecule has 2 N–H and O–H groups in total. The second-order valence-corrected chi connectivity index (χ2v) is 6.21. The predicted molar refractivity (Wildman–Crippen MR) is 94.3 cm³/mol. The highest BCUT2D eigenvalue weighted by atomic mass is 79.9. The summed E-state index contributed by atoms with van der Waals surface area (Å²) in [6.45, 7) is 0. The zero-order valence-electron chi connectivity index (χ0n) is 10.5. The van der Waals surface area contributed by atoms with Crippen LogP contribution in [0.5, 0.6) is 0 Å². The molecule has 0 radical (unpaired) electrons. The fourth-order valence-corrected chi connectivity index (χ4v) is 2.33. The number of halogens is 3. The van der Waals surface area contributed by atoms with Crippen molar-refractivity contribution in [1.29, 1.82) is 0 Å². The topological polar surface area (TPSA) is 41.1 Å². The summed E-state index contributed by atoms with van der Waals surface area (Å²) in [7, 11) is 0. The quantitative estimate of drug-likeness (QED) is 0.702. The third-order valence-electron chi connectivity index (χ3n) is 2.51. The number of hydrogen-bond donors (Lipinski definition) is 2. The Hall–Kier alpha value is -1.14. The Morgan fingerprint density at radius 1 is 1.10 bits per heavy atom. The highest BCUT2D eigenvalue weighted by Gasteiger charge is 2.09. The van der Waals surface area contributed by atoms with Crippen molar-refractivity contribution < 1.29 is 4.79 Å². The van der Waals surface area contributed by atoms with Crippen LogP contribution in [-0.4, -0.2) is 11.0 Å². The Kier molecular flexibility index (Phi) is 5.58. The van der Waals surface area contributed by atoms with Gasteiger partial charge >= 0.3 is 0 Å². The standard InChI is InChI=1S/C14H9BrCl2N2OS/c15-9-3-1-8(2-4-9)13(20)19-14(21)18-12-7-10(16)5-6-11(12)17/h1-7H,(H2,18,19,20,21). The van der Waals surface area contributed by atoms with Crippen molar-refractivity contribution in [2.24, 2.45) is 0 Å². The maximum absolute atomic E-state index is 12.0. The molecule has 0 atom stereocenters. The SMILES string of the molecule is O=C(NC(=S)Nc1cc(Cl)ccc1Cl)c1ccc(Br)cc1. The molecule has 0 unspecified atom stereocenters.